The Kier molecular flexibility index (Phi) is 4.07. The van der Waals surface area contributed by atoms with Crippen LogP contribution in [0.5, 0.6) is 0 Å². The van der Waals surface area contributed by atoms with Crippen LogP contribution in [0.4, 0.5) is 0 Å². The van der Waals surface area contributed by atoms with Crippen molar-refractivity contribution in [2.24, 2.45) is 0 Å². The highest BCUT2D eigenvalue weighted by Gasteiger charge is 2.19. The molecule has 1 aromatic rings. The molecule has 3 nitrogen and oxygen atoms in total. The first-order chi connectivity index (χ1) is 8.16. The van der Waals surface area contributed by atoms with Crippen molar-refractivity contribution in [3.8, 4) is 0 Å². The number of hydrogen-bond acceptors (Lipinski definition) is 3. The van der Waals surface area contributed by atoms with Crippen molar-refractivity contribution < 1.29 is 9.63 Å². The molecule has 17 heavy (non-hydrogen) atoms. The second-order valence-corrected chi connectivity index (χ2v) is 5.26. The van der Waals surface area contributed by atoms with Crippen molar-refractivity contribution in [2.45, 2.75) is 25.2 Å². The summed E-state index contributed by atoms with van der Waals surface area (Å²) in [7, 11) is 0. The average Bonchev–Trinajstić information content (AvgIpc) is 2.83. The van der Waals surface area contributed by atoms with Gasteiger partial charge in [0.25, 0.3) is 5.91 Å². The standard InChI is InChI=1S/C13H17NO2S/c1-10-4-5-11(2)12(8-10)17-9-13(15)14-6-3-7-16-14/h4-5,8H,3,6-7,9H2,1-2H3. The number of rotatable bonds is 3. The predicted octanol–water partition coefficient (Wildman–Crippen LogP) is 2.56. The van der Waals surface area contributed by atoms with Gasteiger partial charge in [-0.05, 0) is 31.9 Å². The monoisotopic (exact) mass is 251 g/mol. The van der Waals surface area contributed by atoms with Gasteiger partial charge in [0.05, 0.1) is 18.9 Å². The second-order valence-electron chi connectivity index (χ2n) is 4.24. The summed E-state index contributed by atoms with van der Waals surface area (Å²) in [5, 5.41) is 1.48. The van der Waals surface area contributed by atoms with Gasteiger partial charge < -0.3 is 0 Å². The third-order valence-corrected chi connectivity index (χ3v) is 3.87. The van der Waals surface area contributed by atoms with Gasteiger partial charge in [-0.3, -0.25) is 9.63 Å². The van der Waals surface area contributed by atoms with Gasteiger partial charge in [0.15, 0.2) is 0 Å². The van der Waals surface area contributed by atoms with Crippen LogP contribution in [0.2, 0.25) is 0 Å². The van der Waals surface area contributed by atoms with Gasteiger partial charge in [-0.15, -0.1) is 11.8 Å². The Morgan fingerprint density at radius 3 is 3.00 bits per heavy atom. The molecule has 0 saturated carbocycles. The number of thioether (sulfide) groups is 1. The summed E-state index contributed by atoms with van der Waals surface area (Å²) in [4.78, 5) is 18.2. The lowest BCUT2D eigenvalue weighted by molar-refractivity contribution is -0.165. The van der Waals surface area contributed by atoms with Gasteiger partial charge in [0.1, 0.15) is 0 Å². The van der Waals surface area contributed by atoms with Gasteiger partial charge in [0.2, 0.25) is 0 Å². The summed E-state index contributed by atoms with van der Waals surface area (Å²) in [6.07, 6.45) is 0.944. The number of hydrogen-bond donors (Lipinski definition) is 0. The van der Waals surface area contributed by atoms with E-state index < -0.39 is 0 Å². The lowest BCUT2D eigenvalue weighted by Crippen LogP contribution is -2.28. The van der Waals surface area contributed by atoms with E-state index in [0.29, 0.717) is 12.4 Å². The molecule has 0 unspecified atom stereocenters. The zero-order chi connectivity index (χ0) is 12.3. The van der Waals surface area contributed by atoms with E-state index in [1.165, 1.54) is 21.1 Å². The van der Waals surface area contributed by atoms with Crippen LogP contribution in [0, 0.1) is 13.8 Å². The fraction of sp³-hybridized carbons (Fsp3) is 0.462. The Hall–Kier alpha value is -1.00. The van der Waals surface area contributed by atoms with Crippen molar-refractivity contribution in [3.05, 3.63) is 29.3 Å². The number of aryl methyl sites for hydroxylation is 2. The predicted molar refractivity (Wildman–Crippen MR) is 68.9 cm³/mol. The summed E-state index contributed by atoms with van der Waals surface area (Å²) in [5.74, 6) is 0.512. The van der Waals surface area contributed by atoms with Crippen molar-refractivity contribution in [3.63, 3.8) is 0 Å². The Balaban J connectivity index is 1.92. The Labute approximate surface area is 106 Å². The van der Waals surface area contributed by atoms with Crippen LogP contribution in [-0.4, -0.2) is 29.9 Å². The third kappa shape index (κ3) is 3.23. The first kappa shape index (κ1) is 12.5. The molecule has 92 valence electrons. The quantitative estimate of drug-likeness (QED) is 0.773. The van der Waals surface area contributed by atoms with Gasteiger partial charge in [-0.2, -0.15) is 0 Å². The molecule has 1 aliphatic rings. The topological polar surface area (TPSA) is 29.5 Å². The molecule has 1 aliphatic heterocycles. The van der Waals surface area contributed by atoms with Gasteiger partial charge in [-0.1, -0.05) is 17.7 Å². The zero-order valence-corrected chi connectivity index (χ0v) is 11.0. The average molecular weight is 251 g/mol. The molecule has 1 aromatic carbocycles. The Morgan fingerprint density at radius 2 is 2.29 bits per heavy atom. The minimum atomic E-state index is 0.0633. The molecule has 0 aromatic heterocycles. The van der Waals surface area contributed by atoms with E-state index in [1.54, 1.807) is 11.8 Å². The fourth-order valence-electron chi connectivity index (χ4n) is 1.72. The molecular formula is C13H17NO2S. The number of benzene rings is 1. The first-order valence-corrected chi connectivity index (χ1v) is 6.79. The molecule has 2 rings (SSSR count). The highest BCUT2D eigenvalue weighted by Crippen LogP contribution is 2.24. The molecule has 0 N–H and O–H groups in total. The lowest BCUT2D eigenvalue weighted by atomic mass is 10.2. The molecule has 4 heteroatoms. The molecule has 0 spiro atoms. The normalized spacial score (nSPS) is 15.3. The summed E-state index contributed by atoms with van der Waals surface area (Å²) in [5.41, 5.74) is 2.44. The van der Waals surface area contributed by atoms with Crippen molar-refractivity contribution in [1.82, 2.24) is 5.06 Å². The van der Waals surface area contributed by atoms with E-state index in [0.717, 1.165) is 13.0 Å². The largest absolute Gasteiger partial charge is 0.272 e. The van der Waals surface area contributed by atoms with Crippen LogP contribution in [0.3, 0.4) is 0 Å². The molecule has 1 fully saturated rings. The molecule has 1 saturated heterocycles. The van der Waals surface area contributed by atoms with Crippen molar-refractivity contribution >= 4 is 17.7 Å². The van der Waals surface area contributed by atoms with E-state index >= 15 is 0 Å². The van der Waals surface area contributed by atoms with Crippen molar-refractivity contribution in [2.75, 3.05) is 18.9 Å². The minimum absolute atomic E-state index is 0.0633. The molecule has 1 amide bonds. The maximum atomic E-state index is 11.8. The van der Waals surface area contributed by atoms with Crippen LogP contribution >= 0.6 is 11.8 Å². The molecular weight excluding hydrogens is 234 g/mol. The van der Waals surface area contributed by atoms with Crippen LogP contribution in [0.25, 0.3) is 0 Å². The number of carbonyl (C=O) groups is 1. The van der Waals surface area contributed by atoms with Gasteiger partial charge in [0, 0.05) is 4.90 Å². The zero-order valence-electron chi connectivity index (χ0n) is 10.2. The van der Waals surface area contributed by atoms with E-state index in [9.17, 15) is 4.79 Å². The molecule has 0 radical (unpaired) electrons. The maximum absolute atomic E-state index is 11.8. The molecule has 0 aliphatic carbocycles. The van der Waals surface area contributed by atoms with E-state index in [-0.39, 0.29) is 5.91 Å². The van der Waals surface area contributed by atoms with Crippen molar-refractivity contribution in [1.29, 1.82) is 0 Å². The summed E-state index contributed by atoms with van der Waals surface area (Å²) in [6.45, 7) is 5.53. The number of carbonyl (C=O) groups excluding carboxylic acids is 1. The number of hydroxylamine groups is 2. The van der Waals surface area contributed by atoms with Crippen LogP contribution < -0.4 is 0 Å². The van der Waals surface area contributed by atoms with Crippen LogP contribution in [0.1, 0.15) is 17.5 Å². The smallest absolute Gasteiger partial charge is 0.256 e. The highest BCUT2D eigenvalue weighted by atomic mass is 32.2. The van der Waals surface area contributed by atoms with E-state index in [4.69, 9.17) is 4.84 Å². The maximum Gasteiger partial charge on any atom is 0.256 e. The first-order valence-electron chi connectivity index (χ1n) is 5.80. The summed E-state index contributed by atoms with van der Waals surface area (Å²) < 4.78 is 0. The summed E-state index contributed by atoms with van der Waals surface area (Å²) >= 11 is 1.58. The Morgan fingerprint density at radius 1 is 1.47 bits per heavy atom. The van der Waals surface area contributed by atoms with Gasteiger partial charge in [-0.25, -0.2) is 5.06 Å². The van der Waals surface area contributed by atoms with E-state index in [2.05, 4.69) is 32.0 Å². The summed E-state index contributed by atoms with van der Waals surface area (Å²) in [6, 6.07) is 6.30. The van der Waals surface area contributed by atoms with Crippen LogP contribution in [-0.2, 0) is 9.63 Å². The lowest BCUT2D eigenvalue weighted by Gasteiger charge is -2.14. The molecule has 0 atom stereocenters. The highest BCUT2D eigenvalue weighted by molar-refractivity contribution is 8.00. The molecule has 1 heterocycles. The number of nitrogens with zero attached hydrogens (tertiary/aromatic N) is 1. The second kappa shape index (κ2) is 5.56. The minimum Gasteiger partial charge on any atom is -0.272 e. The third-order valence-electron chi connectivity index (χ3n) is 2.73. The fourth-order valence-corrected chi connectivity index (χ4v) is 2.71. The SMILES string of the molecule is Cc1ccc(C)c(SCC(=O)N2CCCO2)c1. The van der Waals surface area contributed by atoms with E-state index in [1.807, 2.05) is 0 Å². The Bertz CT molecular complexity index is 414. The van der Waals surface area contributed by atoms with Gasteiger partial charge >= 0.3 is 0 Å². The van der Waals surface area contributed by atoms with Crippen LogP contribution in [0.15, 0.2) is 23.1 Å². The number of amides is 1. The molecule has 0 bridgehead atoms.